The number of benzene rings is 3. The van der Waals surface area contributed by atoms with E-state index in [9.17, 15) is 9.59 Å². The maximum absolute atomic E-state index is 13.1. The van der Waals surface area contributed by atoms with E-state index in [0.29, 0.717) is 34.5 Å². The molecule has 1 aliphatic heterocycles. The molecule has 232 valence electrons. The smallest absolute Gasteiger partial charge is 0.374 e. The number of piperazine rings is 1. The Morgan fingerprint density at radius 2 is 1.73 bits per heavy atom. The fraction of sp³-hybridized carbons (Fsp3) is 0.257. The summed E-state index contributed by atoms with van der Waals surface area (Å²) >= 11 is 9.08. The van der Waals surface area contributed by atoms with Crippen molar-refractivity contribution in [2.24, 2.45) is 0 Å². The molecule has 0 N–H and O–H groups in total. The molecule has 2 aromatic heterocycles. The number of fused-ring (bicyclic) bond motifs is 1. The zero-order valence-corrected chi connectivity index (χ0v) is 27.6. The van der Waals surface area contributed by atoms with E-state index in [-0.39, 0.29) is 11.7 Å². The van der Waals surface area contributed by atoms with E-state index in [1.54, 1.807) is 31.0 Å². The van der Waals surface area contributed by atoms with Gasteiger partial charge in [-0.05, 0) is 80.2 Å². The van der Waals surface area contributed by atoms with Crippen molar-refractivity contribution in [2.75, 3.05) is 48.5 Å². The minimum Gasteiger partial charge on any atom is -0.460 e. The highest BCUT2D eigenvalue weighted by Crippen LogP contribution is 2.39. The third kappa shape index (κ3) is 7.01. The third-order valence-electron chi connectivity index (χ3n) is 7.87. The van der Waals surface area contributed by atoms with Gasteiger partial charge in [0.05, 0.1) is 27.2 Å². The van der Waals surface area contributed by atoms with Crippen LogP contribution in [-0.2, 0) is 11.2 Å². The van der Waals surface area contributed by atoms with Gasteiger partial charge in [-0.1, -0.05) is 54.1 Å². The van der Waals surface area contributed by atoms with Crippen molar-refractivity contribution in [3.05, 3.63) is 111 Å². The van der Waals surface area contributed by atoms with Gasteiger partial charge in [0.1, 0.15) is 5.58 Å². The van der Waals surface area contributed by atoms with Crippen LogP contribution in [0.25, 0.3) is 11.0 Å². The second-order valence-electron chi connectivity index (χ2n) is 10.7. The SMILES string of the molecule is CCOC(=O)c1oc2ccc(SN(CCc3ccccc3)c3ccccc3N3CCN(C(=O)c4ccc(Cl)s4)CC3)cc2c1C. The van der Waals surface area contributed by atoms with Crippen molar-refractivity contribution < 1.29 is 18.7 Å². The molecule has 0 bridgehead atoms. The summed E-state index contributed by atoms with van der Waals surface area (Å²) in [6.45, 7) is 7.49. The minimum absolute atomic E-state index is 0.0379. The van der Waals surface area contributed by atoms with E-state index in [4.69, 9.17) is 20.8 Å². The molecule has 3 aromatic carbocycles. The molecule has 45 heavy (non-hydrogen) atoms. The van der Waals surface area contributed by atoms with Crippen molar-refractivity contribution in [3.63, 3.8) is 0 Å². The summed E-state index contributed by atoms with van der Waals surface area (Å²) < 4.78 is 14.0. The molecule has 7 nitrogen and oxygen atoms in total. The van der Waals surface area contributed by atoms with E-state index in [1.807, 2.05) is 30.0 Å². The molecule has 1 fully saturated rings. The molecule has 0 saturated carbocycles. The number of ether oxygens (including phenoxy) is 1. The summed E-state index contributed by atoms with van der Waals surface area (Å²) in [5, 5.41) is 0.896. The van der Waals surface area contributed by atoms with Crippen LogP contribution in [0, 0.1) is 6.92 Å². The molecule has 0 atom stereocenters. The normalized spacial score (nSPS) is 13.3. The van der Waals surface area contributed by atoms with Crippen molar-refractivity contribution in [3.8, 4) is 0 Å². The number of thiophene rings is 1. The largest absolute Gasteiger partial charge is 0.460 e. The predicted octanol–water partition coefficient (Wildman–Crippen LogP) is 8.35. The molecule has 10 heteroatoms. The number of nitrogens with zero attached hydrogens (tertiary/aromatic N) is 3. The monoisotopic (exact) mass is 659 g/mol. The Labute approximate surface area is 276 Å². The first kappa shape index (κ1) is 31.1. The van der Waals surface area contributed by atoms with Gasteiger partial charge in [-0.2, -0.15) is 0 Å². The zero-order valence-electron chi connectivity index (χ0n) is 25.2. The summed E-state index contributed by atoms with van der Waals surface area (Å²) in [6, 6.07) is 28.6. The minimum atomic E-state index is -0.445. The van der Waals surface area contributed by atoms with Crippen LogP contribution in [0.4, 0.5) is 11.4 Å². The molecule has 1 aliphatic rings. The summed E-state index contributed by atoms with van der Waals surface area (Å²) in [4.78, 5) is 31.5. The number of para-hydroxylation sites is 2. The average molecular weight is 660 g/mol. The molecule has 0 aliphatic carbocycles. The number of rotatable bonds is 10. The maximum atomic E-state index is 13.1. The molecule has 3 heterocycles. The van der Waals surface area contributed by atoms with E-state index < -0.39 is 5.97 Å². The number of carbonyl (C=O) groups excluding carboxylic acids is 2. The molecule has 0 unspecified atom stereocenters. The Morgan fingerprint density at radius 1 is 0.978 bits per heavy atom. The number of hydrogen-bond acceptors (Lipinski definition) is 8. The Kier molecular flexibility index (Phi) is 9.68. The maximum Gasteiger partial charge on any atom is 0.374 e. The average Bonchev–Trinajstić information content (AvgIpc) is 3.66. The molecular weight excluding hydrogens is 626 g/mol. The second kappa shape index (κ2) is 14.0. The number of halogens is 1. The fourth-order valence-electron chi connectivity index (χ4n) is 5.54. The van der Waals surface area contributed by atoms with E-state index >= 15 is 0 Å². The van der Waals surface area contributed by atoms with E-state index in [0.717, 1.165) is 53.3 Å². The van der Waals surface area contributed by atoms with Crippen molar-refractivity contribution in [2.45, 2.75) is 25.2 Å². The second-order valence-corrected chi connectivity index (χ2v) is 13.5. The molecule has 1 saturated heterocycles. The quantitative estimate of drug-likeness (QED) is 0.110. The lowest BCUT2D eigenvalue weighted by Gasteiger charge is -2.38. The highest BCUT2D eigenvalue weighted by molar-refractivity contribution is 8.00. The van der Waals surface area contributed by atoms with Crippen LogP contribution in [0.15, 0.2) is 94.2 Å². The van der Waals surface area contributed by atoms with Crippen molar-refractivity contribution in [1.29, 1.82) is 0 Å². The lowest BCUT2D eigenvalue weighted by Crippen LogP contribution is -2.49. The van der Waals surface area contributed by atoms with Gasteiger partial charge < -0.3 is 23.3 Å². The first-order valence-electron chi connectivity index (χ1n) is 15.0. The van der Waals surface area contributed by atoms with Crippen molar-refractivity contribution >= 4 is 69.1 Å². The Balaban J connectivity index is 1.26. The van der Waals surface area contributed by atoms with Crippen LogP contribution in [0.5, 0.6) is 0 Å². The van der Waals surface area contributed by atoms with Gasteiger partial charge in [0.15, 0.2) is 0 Å². The predicted molar refractivity (Wildman–Crippen MR) is 184 cm³/mol. The van der Waals surface area contributed by atoms with Crippen LogP contribution >= 0.6 is 34.9 Å². The number of furan rings is 1. The Hall–Kier alpha value is -3.92. The first-order chi connectivity index (χ1) is 21.9. The van der Waals surface area contributed by atoms with Gasteiger partial charge in [0.2, 0.25) is 5.76 Å². The Morgan fingerprint density at radius 3 is 2.47 bits per heavy atom. The van der Waals surface area contributed by atoms with Gasteiger partial charge in [-0.15, -0.1) is 11.3 Å². The van der Waals surface area contributed by atoms with Gasteiger partial charge in [0.25, 0.3) is 5.91 Å². The highest BCUT2D eigenvalue weighted by Gasteiger charge is 2.26. The van der Waals surface area contributed by atoms with Crippen molar-refractivity contribution in [1.82, 2.24) is 4.90 Å². The number of carbonyl (C=O) groups is 2. The fourth-order valence-corrected chi connectivity index (χ4v) is 7.54. The van der Waals surface area contributed by atoms with Gasteiger partial charge >= 0.3 is 5.97 Å². The van der Waals surface area contributed by atoms with Crippen LogP contribution in [-0.4, -0.2) is 56.1 Å². The summed E-state index contributed by atoms with van der Waals surface area (Å²) in [7, 11) is 0. The van der Waals surface area contributed by atoms with E-state index in [1.165, 1.54) is 16.9 Å². The number of esters is 1. The molecule has 1 amide bonds. The van der Waals surface area contributed by atoms with Gasteiger partial charge in [0, 0.05) is 48.6 Å². The van der Waals surface area contributed by atoms with Crippen LogP contribution in [0.1, 0.15) is 38.3 Å². The Bertz CT molecular complexity index is 1800. The molecule has 0 spiro atoms. The zero-order chi connectivity index (χ0) is 31.3. The number of anilines is 2. The lowest BCUT2D eigenvalue weighted by molar-refractivity contribution is 0.0491. The number of aryl methyl sites for hydroxylation is 1. The van der Waals surface area contributed by atoms with Crippen LogP contribution < -0.4 is 9.21 Å². The third-order valence-corrected chi connectivity index (χ3v) is 10.2. The number of hydrogen-bond donors (Lipinski definition) is 0. The summed E-state index contributed by atoms with van der Waals surface area (Å²) in [5.41, 5.74) is 4.95. The standard InChI is InChI=1S/C35H34ClN3O4S2/c1-3-42-35(41)33-24(2)27-23-26(13-14-30(27)43-33)45-39(18-17-25-9-5-4-6-10-25)29-12-8-7-11-28(29)37-19-21-38(22-20-37)34(40)31-15-16-32(36)44-31/h4-16,23H,3,17-22H2,1-2H3. The lowest BCUT2D eigenvalue weighted by atomic mass is 10.1. The van der Waals surface area contributed by atoms with E-state index in [2.05, 4.69) is 63.8 Å². The summed E-state index contributed by atoms with van der Waals surface area (Å²) in [6.07, 6.45) is 0.869. The molecule has 0 radical (unpaired) electrons. The number of amides is 1. The van der Waals surface area contributed by atoms with Gasteiger partial charge in [-0.25, -0.2) is 4.79 Å². The highest BCUT2D eigenvalue weighted by atomic mass is 35.5. The molecular formula is C35H34ClN3O4S2. The van der Waals surface area contributed by atoms with Crippen LogP contribution in [0.2, 0.25) is 4.34 Å². The first-order valence-corrected chi connectivity index (χ1v) is 17.0. The van der Waals surface area contributed by atoms with Gasteiger partial charge in [-0.3, -0.25) is 4.79 Å². The summed E-state index contributed by atoms with van der Waals surface area (Å²) in [5.74, 6) is -0.157. The van der Waals surface area contributed by atoms with Crippen LogP contribution in [0.3, 0.4) is 0 Å². The molecule has 5 aromatic rings. The molecule has 6 rings (SSSR count). The topological polar surface area (TPSA) is 66.2 Å².